The molecule has 2 aliphatic heterocycles. The number of hydrogen-bond acceptors (Lipinski definition) is 4. The van der Waals surface area contributed by atoms with Crippen LogP contribution < -0.4 is 10.6 Å². The van der Waals surface area contributed by atoms with E-state index in [1.165, 1.54) is 32.5 Å². The largest absolute Gasteiger partial charge is 0.379 e. The molecular weight excluding hydrogens is 290 g/mol. The first-order chi connectivity index (χ1) is 11.3. The summed E-state index contributed by atoms with van der Waals surface area (Å²) in [6.07, 6.45) is 2.54. The van der Waals surface area contributed by atoms with Crippen LogP contribution in [0.4, 0.5) is 0 Å². The van der Waals surface area contributed by atoms with Crippen molar-refractivity contribution in [1.82, 2.24) is 20.4 Å². The van der Waals surface area contributed by atoms with Gasteiger partial charge < -0.3 is 20.3 Å². The highest BCUT2D eigenvalue weighted by Crippen LogP contribution is 2.16. The molecule has 0 aromatic heterocycles. The molecule has 2 fully saturated rings. The fraction of sp³-hybridized carbons (Fsp3) is 0.941. The Morgan fingerprint density at radius 3 is 2.65 bits per heavy atom. The summed E-state index contributed by atoms with van der Waals surface area (Å²) >= 11 is 0. The standard InChI is InChI=1S/C17H35N5O/c1-3-7-22-8-5-16(15-22)14-20-17(18-4-2)19-6-9-21-10-12-23-13-11-21/h16H,3-15H2,1-2H3,(H2,18,19,20). The van der Waals surface area contributed by atoms with Crippen LogP contribution in [0, 0.1) is 5.92 Å². The van der Waals surface area contributed by atoms with E-state index in [9.17, 15) is 0 Å². The van der Waals surface area contributed by atoms with Crippen LogP contribution in [0.25, 0.3) is 0 Å². The summed E-state index contributed by atoms with van der Waals surface area (Å²) in [6, 6.07) is 0. The molecule has 0 spiro atoms. The predicted molar refractivity (Wildman–Crippen MR) is 96.1 cm³/mol. The van der Waals surface area contributed by atoms with Crippen LogP contribution in [-0.4, -0.2) is 87.9 Å². The molecule has 6 nitrogen and oxygen atoms in total. The lowest BCUT2D eigenvalue weighted by atomic mass is 10.1. The van der Waals surface area contributed by atoms with E-state index in [2.05, 4.69) is 34.3 Å². The summed E-state index contributed by atoms with van der Waals surface area (Å²) in [7, 11) is 0. The Labute approximate surface area is 141 Å². The van der Waals surface area contributed by atoms with Crippen molar-refractivity contribution in [3.05, 3.63) is 0 Å². The van der Waals surface area contributed by atoms with Crippen molar-refractivity contribution in [2.24, 2.45) is 10.9 Å². The molecule has 0 amide bonds. The van der Waals surface area contributed by atoms with Gasteiger partial charge in [-0.3, -0.25) is 9.89 Å². The number of morpholine rings is 1. The van der Waals surface area contributed by atoms with Crippen molar-refractivity contribution in [2.45, 2.75) is 26.7 Å². The van der Waals surface area contributed by atoms with Crippen LogP contribution in [0.2, 0.25) is 0 Å². The Balaban J connectivity index is 1.67. The fourth-order valence-corrected chi connectivity index (χ4v) is 3.30. The van der Waals surface area contributed by atoms with Gasteiger partial charge in [0.1, 0.15) is 0 Å². The minimum atomic E-state index is 0.719. The van der Waals surface area contributed by atoms with Crippen molar-refractivity contribution < 1.29 is 4.74 Å². The van der Waals surface area contributed by atoms with Gasteiger partial charge in [0.25, 0.3) is 0 Å². The molecule has 1 unspecified atom stereocenters. The van der Waals surface area contributed by atoms with Crippen molar-refractivity contribution >= 4 is 5.96 Å². The molecule has 2 aliphatic rings. The Hall–Kier alpha value is -0.850. The van der Waals surface area contributed by atoms with Gasteiger partial charge >= 0.3 is 0 Å². The molecule has 134 valence electrons. The molecule has 2 N–H and O–H groups in total. The lowest BCUT2D eigenvalue weighted by Gasteiger charge is -2.26. The molecule has 1 atom stereocenters. The zero-order chi connectivity index (χ0) is 16.3. The number of nitrogens with zero attached hydrogens (tertiary/aromatic N) is 3. The van der Waals surface area contributed by atoms with Crippen LogP contribution in [0.3, 0.4) is 0 Å². The third-order valence-electron chi connectivity index (χ3n) is 4.59. The topological polar surface area (TPSA) is 52.1 Å². The molecule has 0 aromatic rings. The van der Waals surface area contributed by atoms with Gasteiger partial charge in [-0.05, 0) is 38.8 Å². The van der Waals surface area contributed by atoms with Crippen LogP contribution in [0.1, 0.15) is 26.7 Å². The number of guanidine groups is 1. The van der Waals surface area contributed by atoms with E-state index >= 15 is 0 Å². The summed E-state index contributed by atoms with van der Waals surface area (Å²) in [5, 5.41) is 6.83. The third-order valence-corrected chi connectivity index (χ3v) is 4.59. The number of nitrogens with one attached hydrogen (secondary N) is 2. The second kappa shape index (κ2) is 10.8. The average molecular weight is 326 g/mol. The maximum Gasteiger partial charge on any atom is 0.191 e. The second-order valence-electron chi connectivity index (χ2n) is 6.56. The van der Waals surface area contributed by atoms with E-state index in [4.69, 9.17) is 9.73 Å². The smallest absolute Gasteiger partial charge is 0.191 e. The second-order valence-corrected chi connectivity index (χ2v) is 6.56. The van der Waals surface area contributed by atoms with Crippen molar-refractivity contribution in [3.8, 4) is 0 Å². The Morgan fingerprint density at radius 2 is 1.91 bits per heavy atom. The van der Waals surface area contributed by atoms with E-state index in [0.717, 1.165) is 64.4 Å². The SMILES string of the molecule is CCCN1CCC(CN=C(NCC)NCCN2CCOCC2)C1. The minimum Gasteiger partial charge on any atom is -0.379 e. The highest BCUT2D eigenvalue weighted by atomic mass is 16.5. The van der Waals surface area contributed by atoms with Gasteiger partial charge in [0.2, 0.25) is 0 Å². The van der Waals surface area contributed by atoms with Gasteiger partial charge in [0.15, 0.2) is 5.96 Å². The van der Waals surface area contributed by atoms with Gasteiger partial charge in [0, 0.05) is 45.8 Å². The number of rotatable bonds is 8. The van der Waals surface area contributed by atoms with Gasteiger partial charge in [-0.15, -0.1) is 0 Å². The summed E-state index contributed by atoms with van der Waals surface area (Å²) in [4.78, 5) is 9.81. The van der Waals surface area contributed by atoms with Crippen LogP contribution >= 0.6 is 0 Å². The normalized spacial score (nSPS) is 24.1. The van der Waals surface area contributed by atoms with E-state index in [-0.39, 0.29) is 0 Å². The summed E-state index contributed by atoms with van der Waals surface area (Å²) < 4.78 is 5.39. The predicted octanol–water partition coefficient (Wildman–Crippen LogP) is 0.606. The van der Waals surface area contributed by atoms with Crippen LogP contribution in [-0.2, 0) is 4.74 Å². The Bertz CT molecular complexity index is 344. The first-order valence-corrected chi connectivity index (χ1v) is 9.36. The first kappa shape index (κ1) is 18.5. The molecule has 0 aliphatic carbocycles. The molecule has 2 heterocycles. The quantitative estimate of drug-likeness (QED) is 0.506. The number of ether oxygens (including phenoxy) is 1. The van der Waals surface area contributed by atoms with Crippen molar-refractivity contribution in [3.63, 3.8) is 0 Å². The van der Waals surface area contributed by atoms with Gasteiger partial charge in [-0.1, -0.05) is 6.92 Å². The van der Waals surface area contributed by atoms with Crippen molar-refractivity contribution in [1.29, 1.82) is 0 Å². The van der Waals surface area contributed by atoms with E-state index in [1.807, 2.05) is 0 Å². The molecular formula is C17H35N5O. The molecule has 2 rings (SSSR count). The fourth-order valence-electron chi connectivity index (χ4n) is 3.30. The molecule has 23 heavy (non-hydrogen) atoms. The number of likely N-dealkylation sites (tertiary alicyclic amines) is 1. The molecule has 0 saturated carbocycles. The maximum absolute atomic E-state index is 5.39. The van der Waals surface area contributed by atoms with E-state index in [0.29, 0.717) is 0 Å². The lowest BCUT2D eigenvalue weighted by Crippen LogP contribution is -2.44. The average Bonchev–Trinajstić information content (AvgIpc) is 3.02. The molecule has 6 heteroatoms. The van der Waals surface area contributed by atoms with Crippen LogP contribution in [0.5, 0.6) is 0 Å². The van der Waals surface area contributed by atoms with Gasteiger partial charge in [0.05, 0.1) is 13.2 Å². The van der Waals surface area contributed by atoms with E-state index < -0.39 is 0 Å². The minimum absolute atomic E-state index is 0.719. The lowest BCUT2D eigenvalue weighted by molar-refractivity contribution is 0.0389. The Kier molecular flexibility index (Phi) is 8.71. The first-order valence-electron chi connectivity index (χ1n) is 9.36. The maximum atomic E-state index is 5.39. The zero-order valence-corrected chi connectivity index (χ0v) is 15.0. The van der Waals surface area contributed by atoms with Gasteiger partial charge in [-0.25, -0.2) is 0 Å². The monoisotopic (exact) mass is 325 g/mol. The number of aliphatic imine (C=N–C) groups is 1. The highest BCUT2D eigenvalue weighted by Gasteiger charge is 2.21. The number of hydrogen-bond donors (Lipinski definition) is 2. The van der Waals surface area contributed by atoms with Gasteiger partial charge in [-0.2, -0.15) is 0 Å². The zero-order valence-electron chi connectivity index (χ0n) is 15.0. The molecule has 0 radical (unpaired) electrons. The molecule has 2 saturated heterocycles. The summed E-state index contributed by atoms with van der Waals surface area (Å²) in [6.45, 7) is 15.7. The van der Waals surface area contributed by atoms with E-state index in [1.54, 1.807) is 0 Å². The van der Waals surface area contributed by atoms with Crippen LogP contribution in [0.15, 0.2) is 4.99 Å². The highest BCUT2D eigenvalue weighted by molar-refractivity contribution is 5.79. The molecule has 0 aromatic carbocycles. The Morgan fingerprint density at radius 1 is 1.09 bits per heavy atom. The summed E-state index contributed by atoms with van der Waals surface area (Å²) in [5.41, 5.74) is 0. The van der Waals surface area contributed by atoms with Crippen molar-refractivity contribution in [2.75, 3.05) is 72.1 Å². The molecule has 0 bridgehead atoms. The third kappa shape index (κ3) is 7.06. The summed E-state index contributed by atoms with van der Waals surface area (Å²) in [5.74, 6) is 1.69.